The van der Waals surface area contributed by atoms with Crippen molar-refractivity contribution in [3.8, 4) is 5.75 Å². The number of nitrogens with zero attached hydrogens (tertiary/aromatic N) is 1. The molecule has 1 rings (SSSR count). The van der Waals surface area contributed by atoms with Gasteiger partial charge in [-0.15, -0.1) is 0 Å². The molecular formula is C5H5BClLi2NO4. The van der Waals surface area contributed by atoms with Crippen LogP contribution >= 0.6 is 11.6 Å². The summed E-state index contributed by atoms with van der Waals surface area (Å²) in [4.78, 5) is 3.27. The largest absolute Gasteiger partial charge is 1.00 e. The zero-order chi connectivity index (χ0) is 9.35. The summed E-state index contributed by atoms with van der Waals surface area (Å²) in [7, 11) is 0. The molecule has 1 heterocycles. The van der Waals surface area contributed by atoms with Gasteiger partial charge < -0.3 is 20.2 Å². The van der Waals surface area contributed by atoms with Crippen molar-refractivity contribution in [3.63, 3.8) is 0 Å². The Morgan fingerprint density at radius 1 is 1.21 bits per heavy atom. The van der Waals surface area contributed by atoms with E-state index in [1.807, 2.05) is 0 Å². The Morgan fingerprint density at radius 2 is 1.71 bits per heavy atom. The monoisotopic (exact) mass is 203 g/mol. The number of halogens is 1. The zero-order valence-corrected chi connectivity index (χ0v) is 8.56. The summed E-state index contributed by atoms with van der Waals surface area (Å²) in [5.41, 5.74) is -0.431. The molecule has 14 heavy (non-hydrogen) atoms. The maximum Gasteiger partial charge on any atom is 1.00 e. The smallest absolute Gasteiger partial charge is 0.870 e. The van der Waals surface area contributed by atoms with Crippen LogP contribution in [0.1, 0.15) is 0 Å². The van der Waals surface area contributed by atoms with Crippen molar-refractivity contribution in [3.05, 3.63) is 17.3 Å². The van der Waals surface area contributed by atoms with Gasteiger partial charge in [0, 0.05) is 0 Å². The normalized spacial score (nSPS) is 10.0. The Morgan fingerprint density at radius 3 is 2.07 bits per heavy atom. The predicted molar refractivity (Wildman–Crippen MR) is 40.7 cm³/mol. The molecule has 0 aromatic carbocycles. The molecule has 0 fully saturated rings. The van der Waals surface area contributed by atoms with Gasteiger partial charge in [0.15, 0.2) is 0 Å². The molecule has 0 aliphatic rings. The molecule has 9 heteroatoms. The van der Waals surface area contributed by atoms with Gasteiger partial charge in [0.1, 0.15) is 5.15 Å². The summed E-state index contributed by atoms with van der Waals surface area (Å²) in [6.45, 7) is -3.67. The van der Waals surface area contributed by atoms with Crippen LogP contribution in [0.5, 0.6) is 5.75 Å². The summed E-state index contributed by atoms with van der Waals surface area (Å²) in [5, 5.41) is 36.2. The first-order valence-electron chi connectivity index (χ1n) is 3.06. The van der Waals surface area contributed by atoms with Gasteiger partial charge in [0.05, 0.1) is 0 Å². The van der Waals surface area contributed by atoms with Crippen LogP contribution in [0.3, 0.4) is 0 Å². The van der Waals surface area contributed by atoms with Crippen LogP contribution in [0.4, 0.5) is 0 Å². The first kappa shape index (κ1) is 16.8. The number of hydrogen-bond donors (Lipinski definition) is 3. The van der Waals surface area contributed by atoms with Crippen LogP contribution in [0.2, 0.25) is 5.15 Å². The Hall–Kier alpha value is 0.380. The van der Waals surface area contributed by atoms with Gasteiger partial charge in [0.25, 0.3) is 0 Å². The molecule has 5 nitrogen and oxygen atoms in total. The molecule has 0 unspecified atom stereocenters. The van der Waals surface area contributed by atoms with E-state index >= 15 is 0 Å². The van der Waals surface area contributed by atoms with Crippen molar-refractivity contribution in [2.24, 2.45) is 0 Å². The molecule has 66 valence electrons. The molecule has 0 aliphatic heterocycles. The quantitative estimate of drug-likeness (QED) is 0.311. The van der Waals surface area contributed by atoms with Gasteiger partial charge >= 0.3 is 44.5 Å². The van der Waals surface area contributed by atoms with Crippen LogP contribution < -0.4 is 48.4 Å². The van der Waals surface area contributed by atoms with E-state index in [-0.39, 0.29) is 37.7 Å². The maximum absolute atomic E-state index is 10.7. The molecule has 0 bridgehead atoms. The minimum absolute atomic E-state index is 0. The van der Waals surface area contributed by atoms with Gasteiger partial charge in [-0.2, -0.15) is 0 Å². The molecule has 1 aromatic heterocycles. The molecule has 0 saturated heterocycles. The predicted octanol–water partition coefficient (Wildman–Crippen LogP) is -8.06. The molecule has 0 amide bonds. The van der Waals surface area contributed by atoms with Crippen LogP contribution in [0, 0.1) is 0 Å². The topological polar surface area (TPSA) is 96.6 Å². The third kappa shape index (κ3) is 4.27. The van der Waals surface area contributed by atoms with E-state index in [2.05, 4.69) is 4.98 Å². The Bertz CT molecular complexity index is 308. The van der Waals surface area contributed by atoms with Crippen molar-refractivity contribution in [2.75, 3.05) is 0 Å². The fourth-order valence-corrected chi connectivity index (χ4v) is 0.812. The molecular weight excluding hydrogens is 198 g/mol. The number of pyridine rings is 1. The van der Waals surface area contributed by atoms with E-state index in [1.165, 1.54) is 0 Å². The van der Waals surface area contributed by atoms with Gasteiger partial charge in [-0.25, -0.2) is 0 Å². The van der Waals surface area contributed by atoms with Crippen LogP contribution in [-0.4, -0.2) is 26.8 Å². The van der Waals surface area contributed by atoms with E-state index in [9.17, 15) is 5.11 Å². The van der Waals surface area contributed by atoms with Crippen molar-refractivity contribution in [1.82, 2.24) is 4.98 Å². The summed E-state index contributed by atoms with van der Waals surface area (Å²) in [6.07, 6.45) is 0. The maximum atomic E-state index is 10.7. The van der Waals surface area contributed by atoms with E-state index in [0.29, 0.717) is 0 Å². The van der Waals surface area contributed by atoms with Crippen LogP contribution in [0.15, 0.2) is 12.1 Å². The molecule has 0 radical (unpaired) electrons. The number of hydrogen-bond acceptors (Lipinski definition) is 5. The van der Waals surface area contributed by atoms with E-state index in [4.69, 9.17) is 26.7 Å². The third-order valence-electron chi connectivity index (χ3n) is 1.23. The van der Waals surface area contributed by atoms with E-state index in [1.54, 1.807) is 0 Å². The molecule has 0 atom stereocenters. The first-order chi connectivity index (χ1) is 5.41. The molecule has 0 saturated carbocycles. The Balaban J connectivity index is 0. The summed E-state index contributed by atoms with van der Waals surface area (Å²) >= 11 is 5.27. The fourth-order valence-electron chi connectivity index (χ4n) is 0.651. The van der Waals surface area contributed by atoms with Gasteiger partial charge in [0.2, 0.25) is 0 Å². The van der Waals surface area contributed by atoms with Crippen molar-refractivity contribution >= 4 is 23.9 Å². The minimum Gasteiger partial charge on any atom is -0.870 e. The summed E-state index contributed by atoms with van der Waals surface area (Å²) in [5.74, 6) is -0.541. The standard InChI is InChI=1S/C5H6BClNO4.2Li/c7-5-3(9)1-2-4(8-5)6(10,11)12;;/h1-2,9-12H;;/q-1;2*+1/p-1. The van der Waals surface area contributed by atoms with E-state index in [0.717, 1.165) is 12.1 Å². The first-order valence-corrected chi connectivity index (χ1v) is 3.44. The average Bonchev–Trinajstić information content (AvgIpc) is 1.92. The Kier molecular flexibility index (Phi) is 7.28. The molecule has 1 aromatic rings. The average molecular weight is 203 g/mol. The van der Waals surface area contributed by atoms with E-state index < -0.39 is 23.3 Å². The number of aromatic nitrogens is 1. The minimum atomic E-state index is -3.67. The van der Waals surface area contributed by atoms with Gasteiger partial charge in [-0.1, -0.05) is 29.5 Å². The second-order valence-corrected chi connectivity index (χ2v) is 2.62. The van der Waals surface area contributed by atoms with Crippen LogP contribution in [0.25, 0.3) is 0 Å². The van der Waals surface area contributed by atoms with Gasteiger partial charge in [-0.05, 0) is 5.59 Å². The Labute approximate surface area is 109 Å². The SMILES string of the molecule is [Li+].[Li+].[O-]c1ccc([B-](O)(O)O)nc1Cl. The summed E-state index contributed by atoms with van der Waals surface area (Å²) in [6, 6.07) is 1.98. The summed E-state index contributed by atoms with van der Waals surface area (Å²) < 4.78 is 0. The third-order valence-corrected chi connectivity index (χ3v) is 1.50. The fraction of sp³-hybridized carbons (Fsp3) is 0. The van der Waals surface area contributed by atoms with Crippen molar-refractivity contribution in [2.45, 2.75) is 0 Å². The van der Waals surface area contributed by atoms with Gasteiger partial charge in [-0.3, -0.25) is 4.98 Å². The van der Waals surface area contributed by atoms with Crippen molar-refractivity contribution in [1.29, 1.82) is 0 Å². The van der Waals surface area contributed by atoms with Crippen molar-refractivity contribution < 1.29 is 57.9 Å². The zero-order valence-electron chi connectivity index (χ0n) is 7.81. The molecule has 0 spiro atoms. The second kappa shape index (κ2) is 6.07. The molecule has 3 N–H and O–H groups in total. The molecule has 0 aliphatic carbocycles. The number of rotatable bonds is 1. The second-order valence-electron chi connectivity index (χ2n) is 2.26. The van der Waals surface area contributed by atoms with Crippen LogP contribution in [-0.2, 0) is 0 Å².